The number of nitrogens with zero attached hydrogens (tertiary/aromatic N) is 4. The van der Waals surface area contributed by atoms with E-state index in [1.165, 1.54) is 4.88 Å². The Morgan fingerprint density at radius 1 is 0.957 bits per heavy atom. The highest BCUT2D eigenvalue weighted by Gasteiger charge is 2.22. The first-order valence-electron chi connectivity index (χ1n) is 8.13. The molecule has 0 radical (unpaired) electrons. The minimum Gasteiger partial charge on any atom is -0.352 e. The van der Waals surface area contributed by atoms with Gasteiger partial charge in [-0.1, -0.05) is 25.1 Å². The molecule has 0 amide bonds. The molecule has 5 heteroatoms. The Morgan fingerprint density at radius 2 is 1.70 bits per heavy atom. The van der Waals surface area contributed by atoms with Gasteiger partial charge in [-0.05, 0) is 30.1 Å². The topological polar surface area (TPSA) is 32.3 Å². The van der Waals surface area contributed by atoms with Crippen LogP contribution in [-0.2, 0) is 0 Å². The maximum Gasteiger partial charge on any atom is 0.156 e. The predicted molar refractivity (Wildman–Crippen MR) is 97.2 cm³/mol. The molecular formula is C18H20N4S. The van der Waals surface area contributed by atoms with Gasteiger partial charge in [0.15, 0.2) is 5.82 Å². The van der Waals surface area contributed by atoms with Gasteiger partial charge in [-0.2, -0.15) is 0 Å². The lowest BCUT2D eigenvalue weighted by Crippen LogP contribution is -2.46. The third kappa shape index (κ3) is 2.82. The van der Waals surface area contributed by atoms with E-state index >= 15 is 0 Å². The van der Waals surface area contributed by atoms with Crippen molar-refractivity contribution in [3.63, 3.8) is 0 Å². The molecule has 23 heavy (non-hydrogen) atoms. The van der Waals surface area contributed by atoms with Crippen LogP contribution in [0.15, 0.2) is 41.8 Å². The number of likely N-dealkylation sites (N-methyl/N-ethyl adjacent to an activating group) is 1. The van der Waals surface area contributed by atoms with Gasteiger partial charge < -0.3 is 9.80 Å². The van der Waals surface area contributed by atoms with Gasteiger partial charge in [0.2, 0.25) is 0 Å². The number of benzene rings is 1. The summed E-state index contributed by atoms with van der Waals surface area (Å²) < 4.78 is 0. The fraction of sp³-hybridized carbons (Fsp3) is 0.333. The summed E-state index contributed by atoms with van der Waals surface area (Å²) in [6, 6.07) is 12.4. The first-order valence-corrected chi connectivity index (χ1v) is 9.01. The van der Waals surface area contributed by atoms with Gasteiger partial charge in [-0.15, -0.1) is 11.3 Å². The van der Waals surface area contributed by atoms with Gasteiger partial charge >= 0.3 is 0 Å². The summed E-state index contributed by atoms with van der Waals surface area (Å²) in [6.45, 7) is 7.56. The predicted octanol–water partition coefficient (Wildman–Crippen LogP) is 3.50. The number of aromatic nitrogens is 2. The van der Waals surface area contributed by atoms with Crippen LogP contribution in [0.4, 0.5) is 5.82 Å². The van der Waals surface area contributed by atoms with E-state index < -0.39 is 0 Å². The molecule has 0 N–H and O–H groups in total. The van der Waals surface area contributed by atoms with Crippen molar-refractivity contribution in [3.8, 4) is 10.6 Å². The van der Waals surface area contributed by atoms with Crippen LogP contribution in [0, 0.1) is 0 Å². The van der Waals surface area contributed by atoms with Crippen LogP contribution in [0.3, 0.4) is 0 Å². The second kappa shape index (κ2) is 6.26. The zero-order valence-corrected chi connectivity index (χ0v) is 14.1. The molecule has 0 aliphatic carbocycles. The summed E-state index contributed by atoms with van der Waals surface area (Å²) in [6.07, 6.45) is 0. The molecule has 1 aliphatic rings. The van der Waals surface area contributed by atoms with E-state index in [0.717, 1.165) is 55.3 Å². The molecule has 0 spiro atoms. The largest absolute Gasteiger partial charge is 0.352 e. The average molecular weight is 324 g/mol. The summed E-state index contributed by atoms with van der Waals surface area (Å²) in [4.78, 5) is 15.9. The number of thiophene rings is 1. The molecule has 3 aromatic rings. The van der Waals surface area contributed by atoms with Crippen molar-refractivity contribution in [1.29, 1.82) is 0 Å². The number of para-hydroxylation sites is 2. The van der Waals surface area contributed by atoms with Gasteiger partial charge in [0.05, 0.1) is 15.9 Å². The molecule has 1 aliphatic heterocycles. The molecule has 118 valence electrons. The molecule has 0 saturated carbocycles. The third-order valence-electron chi connectivity index (χ3n) is 4.43. The van der Waals surface area contributed by atoms with Crippen LogP contribution in [-0.4, -0.2) is 47.6 Å². The Kier molecular flexibility index (Phi) is 3.97. The van der Waals surface area contributed by atoms with Crippen molar-refractivity contribution in [2.24, 2.45) is 0 Å². The number of piperazine rings is 1. The fourth-order valence-electron chi connectivity index (χ4n) is 3.07. The van der Waals surface area contributed by atoms with E-state index in [4.69, 9.17) is 9.97 Å². The smallest absolute Gasteiger partial charge is 0.156 e. The maximum absolute atomic E-state index is 4.96. The zero-order valence-electron chi connectivity index (χ0n) is 13.3. The zero-order chi connectivity index (χ0) is 15.6. The molecule has 0 atom stereocenters. The van der Waals surface area contributed by atoms with Crippen molar-refractivity contribution in [3.05, 3.63) is 41.8 Å². The Balaban J connectivity index is 1.79. The average Bonchev–Trinajstić information content (AvgIpc) is 3.15. The standard InChI is InChI=1S/C18H20N4S/c1-2-21-9-11-22(12-10-21)18-17(16-8-5-13-23-16)19-14-6-3-4-7-15(14)20-18/h3-8,13H,2,9-12H2,1H3. The second-order valence-corrected chi connectivity index (χ2v) is 6.73. The SMILES string of the molecule is CCN1CCN(c2nc3ccccc3nc2-c2cccs2)CC1. The Bertz CT molecular complexity index is 792. The Hall–Kier alpha value is -1.98. The lowest BCUT2D eigenvalue weighted by molar-refractivity contribution is 0.270. The van der Waals surface area contributed by atoms with Gasteiger partial charge in [0.25, 0.3) is 0 Å². The second-order valence-electron chi connectivity index (χ2n) is 5.78. The molecule has 2 aromatic heterocycles. The molecule has 3 heterocycles. The van der Waals surface area contributed by atoms with E-state index in [1.54, 1.807) is 11.3 Å². The quantitative estimate of drug-likeness (QED) is 0.738. The first-order chi connectivity index (χ1) is 11.3. The van der Waals surface area contributed by atoms with Crippen LogP contribution in [0.2, 0.25) is 0 Å². The summed E-state index contributed by atoms with van der Waals surface area (Å²) >= 11 is 1.73. The molecule has 4 nitrogen and oxygen atoms in total. The van der Waals surface area contributed by atoms with Gasteiger partial charge in [-0.3, -0.25) is 0 Å². The van der Waals surface area contributed by atoms with Crippen molar-refractivity contribution in [1.82, 2.24) is 14.9 Å². The van der Waals surface area contributed by atoms with E-state index in [1.807, 2.05) is 24.3 Å². The monoisotopic (exact) mass is 324 g/mol. The van der Waals surface area contributed by atoms with Crippen molar-refractivity contribution in [2.45, 2.75) is 6.92 Å². The summed E-state index contributed by atoms with van der Waals surface area (Å²) in [5.74, 6) is 1.03. The molecular weight excluding hydrogens is 304 g/mol. The normalized spacial score (nSPS) is 16.1. The minimum atomic E-state index is 0.965. The van der Waals surface area contributed by atoms with Gasteiger partial charge in [0.1, 0.15) is 5.69 Å². The first kappa shape index (κ1) is 14.6. The Labute approximate surface area is 140 Å². The number of anilines is 1. The number of hydrogen-bond donors (Lipinski definition) is 0. The third-order valence-corrected chi connectivity index (χ3v) is 5.30. The highest BCUT2D eigenvalue weighted by Crippen LogP contribution is 2.32. The van der Waals surface area contributed by atoms with Gasteiger partial charge in [0, 0.05) is 26.2 Å². The minimum absolute atomic E-state index is 0.965. The van der Waals surface area contributed by atoms with Crippen LogP contribution < -0.4 is 4.90 Å². The molecule has 4 rings (SSSR count). The molecule has 1 saturated heterocycles. The van der Waals surface area contributed by atoms with Crippen LogP contribution in [0.1, 0.15) is 6.92 Å². The molecule has 0 bridgehead atoms. The molecule has 0 unspecified atom stereocenters. The Morgan fingerprint density at radius 3 is 2.35 bits per heavy atom. The van der Waals surface area contributed by atoms with Crippen LogP contribution in [0.25, 0.3) is 21.6 Å². The summed E-state index contributed by atoms with van der Waals surface area (Å²) in [5.41, 5.74) is 2.95. The van der Waals surface area contributed by atoms with E-state index in [2.05, 4.69) is 34.2 Å². The van der Waals surface area contributed by atoms with Gasteiger partial charge in [-0.25, -0.2) is 9.97 Å². The van der Waals surface area contributed by atoms with E-state index in [0.29, 0.717) is 0 Å². The molecule has 1 fully saturated rings. The fourth-order valence-corrected chi connectivity index (χ4v) is 3.78. The number of rotatable bonds is 3. The lowest BCUT2D eigenvalue weighted by atomic mass is 10.2. The number of hydrogen-bond acceptors (Lipinski definition) is 5. The summed E-state index contributed by atoms with van der Waals surface area (Å²) in [5, 5.41) is 2.10. The number of fused-ring (bicyclic) bond motifs is 1. The van der Waals surface area contributed by atoms with Crippen LogP contribution in [0.5, 0.6) is 0 Å². The maximum atomic E-state index is 4.96. The highest BCUT2D eigenvalue weighted by atomic mass is 32.1. The van der Waals surface area contributed by atoms with E-state index in [9.17, 15) is 0 Å². The van der Waals surface area contributed by atoms with Crippen molar-refractivity contribution < 1.29 is 0 Å². The summed E-state index contributed by atoms with van der Waals surface area (Å²) in [7, 11) is 0. The van der Waals surface area contributed by atoms with Crippen molar-refractivity contribution >= 4 is 28.2 Å². The lowest BCUT2D eigenvalue weighted by Gasteiger charge is -2.35. The highest BCUT2D eigenvalue weighted by molar-refractivity contribution is 7.13. The van der Waals surface area contributed by atoms with Crippen LogP contribution >= 0.6 is 11.3 Å². The van der Waals surface area contributed by atoms with Crippen molar-refractivity contribution in [2.75, 3.05) is 37.6 Å². The van der Waals surface area contributed by atoms with E-state index in [-0.39, 0.29) is 0 Å². The molecule has 1 aromatic carbocycles.